The second-order valence-electron chi connectivity index (χ2n) is 6.45. The maximum Gasteiger partial charge on any atom is 0.258 e. The van der Waals surface area contributed by atoms with E-state index in [0.29, 0.717) is 17.1 Å². The van der Waals surface area contributed by atoms with Crippen molar-refractivity contribution in [3.05, 3.63) is 102 Å². The number of carbonyl (C=O) groups is 1. The van der Waals surface area contributed by atoms with Gasteiger partial charge in [0.2, 0.25) is 0 Å². The van der Waals surface area contributed by atoms with Gasteiger partial charge in [-0.05, 0) is 36.8 Å². The van der Waals surface area contributed by atoms with Gasteiger partial charge in [0.1, 0.15) is 5.82 Å². The van der Waals surface area contributed by atoms with Crippen molar-refractivity contribution in [3.63, 3.8) is 0 Å². The fraction of sp³-hybridized carbons (Fsp3) is 0.0417. The highest BCUT2D eigenvalue weighted by Gasteiger charge is 2.12. The van der Waals surface area contributed by atoms with E-state index in [-0.39, 0.29) is 5.91 Å². The molecule has 1 amide bonds. The summed E-state index contributed by atoms with van der Waals surface area (Å²) in [5.41, 5.74) is 5.18. The Morgan fingerprint density at radius 1 is 0.750 bits per heavy atom. The Morgan fingerprint density at radius 3 is 2.04 bits per heavy atom. The van der Waals surface area contributed by atoms with E-state index in [9.17, 15) is 4.79 Å². The van der Waals surface area contributed by atoms with Gasteiger partial charge in [-0.1, -0.05) is 60.7 Å². The first-order valence-corrected chi connectivity index (χ1v) is 9.06. The average molecular weight is 365 g/mol. The molecule has 0 saturated carbocycles. The van der Waals surface area contributed by atoms with Crippen LogP contribution in [0.2, 0.25) is 0 Å². The zero-order valence-electron chi connectivity index (χ0n) is 15.5. The predicted molar refractivity (Wildman–Crippen MR) is 112 cm³/mol. The lowest BCUT2D eigenvalue weighted by molar-refractivity contribution is 0.102. The molecule has 4 rings (SSSR count). The van der Waals surface area contributed by atoms with E-state index in [2.05, 4.69) is 15.3 Å². The molecule has 0 spiro atoms. The van der Waals surface area contributed by atoms with E-state index in [4.69, 9.17) is 0 Å². The standard InChI is InChI=1S/C24H19N3O/c1-17-21(13-14-22(26-17)19-10-6-3-7-11-19)24(28)27-23-15-12-20(16-25-23)18-8-4-2-5-9-18/h2-16H,1H3,(H,25,27,28). The minimum Gasteiger partial charge on any atom is -0.307 e. The molecule has 0 fully saturated rings. The van der Waals surface area contributed by atoms with Crippen LogP contribution in [0.15, 0.2) is 91.1 Å². The minimum absolute atomic E-state index is 0.218. The van der Waals surface area contributed by atoms with Gasteiger partial charge in [0.15, 0.2) is 0 Å². The van der Waals surface area contributed by atoms with Gasteiger partial charge in [-0.3, -0.25) is 9.78 Å². The molecule has 4 heteroatoms. The summed E-state index contributed by atoms with van der Waals surface area (Å²) in [5, 5.41) is 2.85. The summed E-state index contributed by atoms with van der Waals surface area (Å²) in [6, 6.07) is 27.3. The molecule has 2 aromatic carbocycles. The first kappa shape index (κ1) is 17.6. The Kier molecular flexibility index (Phi) is 4.93. The Morgan fingerprint density at radius 2 is 1.43 bits per heavy atom. The molecule has 2 heterocycles. The van der Waals surface area contributed by atoms with Crippen molar-refractivity contribution in [1.29, 1.82) is 0 Å². The molecule has 2 aromatic heterocycles. The summed E-state index contributed by atoms with van der Waals surface area (Å²) in [5.74, 6) is 0.292. The number of nitrogens with one attached hydrogen (secondary N) is 1. The van der Waals surface area contributed by atoms with E-state index in [1.807, 2.05) is 79.7 Å². The fourth-order valence-corrected chi connectivity index (χ4v) is 3.02. The smallest absolute Gasteiger partial charge is 0.258 e. The van der Waals surface area contributed by atoms with Crippen molar-refractivity contribution in [2.45, 2.75) is 6.92 Å². The second kappa shape index (κ2) is 7.84. The lowest BCUT2D eigenvalue weighted by Crippen LogP contribution is -2.15. The molecule has 0 saturated heterocycles. The number of anilines is 1. The maximum absolute atomic E-state index is 12.6. The number of hydrogen-bond acceptors (Lipinski definition) is 3. The van der Waals surface area contributed by atoms with Gasteiger partial charge in [-0.25, -0.2) is 4.98 Å². The van der Waals surface area contributed by atoms with Gasteiger partial charge in [0, 0.05) is 17.3 Å². The molecule has 0 aliphatic rings. The highest BCUT2D eigenvalue weighted by molar-refractivity contribution is 6.04. The van der Waals surface area contributed by atoms with Crippen LogP contribution in [0, 0.1) is 6.92 Å². The van der Waals surface area contributed by atoms with Crippen LogP contribution in [0.4, 0.5) is 5.82 Å². The van der Waals surface area contributed by atoms with Crippen LogP contribution in [0.25, 0.3) is 22.4 Å². The quantitative estimate of drug-likeness (QED) is 0.529. The zero-order valence-corrected chi connectivity index (χ0v) is 15.5. The molecule has 136 valence electrons. The van der Waals surface area contributed by atoms with E-state index in [0.717, 1.165) is 22.4 Å². The van der Waals surface area contributed by atoms with E-state index in [1.54, 1.807) is 18.3 Å². The summed E-state index contributed by atoms with van der Waals surface area (Å²) in [4.78, 5) is 21.6. The van der Waals surface area contributed by atoms with Gasteiger partial charge in [-0.2, -0.15) is 0 Å². The summed E-state index contributed by atoms with van der Waals surface area (Å²) >= 11 is 0. The largest absolute Gasteiger partial charge is 0.307 e. The van der Waals surface area contributed by atoms with Crippen molar-refractivity contribution in [2.75, 3.05) is 5.32 Å². The summed E-state index contributed by atoms with van der Waals surface area (Å²) in [6.45, 7) is 1.84. The average Bonchev–Trinajstić information content (AvgIpc) is 2.75. The molecular formula is C24H19N3O. The highest BCUT2D eigenvalue weighted by atomic mass is 16.1. The third-order valence-corrected chi connectivity index (χ3v) is 4.51. The molecule has 0 bridgehead atoms. The second-order valence-corrected chi connectivity index (χ2v) is 6.45. The van der Waals surface area contributed by atoms with Crippen molar-refractivity contribution < 1.29 is 4.79 Å². The summed E-state index contributed by atoms with van der Waals surface area (Å²) in [7, 11) is 0. The van der Waals surface area contributed by atoms with Crippen molar-refractivity contribution in [3.8, 4) is 22.4 Å². The Balaban J connectivity index is 1.51. The Bertz CT molecular complexity index is 1090. The van der Waals surface area contributed by atoms with Crippen LogP contribution in [-0.2, 0) is 0 Å². The normalized spacial score (nSPS) is 10.5. The number of pyridine rings is 2. The third kappa shape index (κ3) is 3.81. The van der Waals surface area contributed by atoms with Gasteiger partial charge in [-0.15, -0.1) is 0 Å². The molecule has 0 atom stereocenters. The van der Waals surface area contributed by atoms with Gasteiger partial charge in [0.25, 0.3) is 5.91 Å². The van der Waals surface area contributed by atoms with Crippen LogP contribution in [0.5, 0.6) is 0 Å². The number of aryl methyl sites for hydroxylation is 1. The van der Waals surface area contributed by atoms with Gasteiger partial charge in [0.05, 0.1) is 17.0 Å². The van der Waals surface area contributed by atoms with Gasteiger partial charge >= 0.3 is 0 Å². The number of carbonyl (C=O) groups excluding carboxylic acids is 1. The topological polar surface area (TPSA) is 54.9 Å². The van der Waals surface area contributed by atoms with Crippen LogP contribution in [-0.4, -0.2) is 15.9 Å². The molecule has 0 aliphatic carbocycles. The highest BCUT2D eigenvalue weighted by Crippen LogP contribution is 2.21. The van der Waals surface area contributed by atoms with Crippen molar-refractivity contribution >= 4 is 11.7 Å². The maximum atomic E-state index is 12.6. The van der Waals surface area contributed by atoms with Crippen LogP contribution >= 0.6 is 0 Å². The predicted octanol–water partition coefficient (Wildman–Crippen LogP) is 5.37. The molecule has 4 nitrogen and oxygen atoms in total. The molecule has 1 N–H and O–H groups in total. The number of amides is 1. The Hall–Kier alpha value is -3.79. The zero-order chi connectivity index (χ0) is 19.3. The molecule has 0 radical (unpaired) electrons. The first-order chi connectivity index (χ1) is 13.7. The van der Waals surface area contributed by atoms with E-state index >= 15 is 0 Å². The third-order valence-electron chi connectivity index (χ3n) is 4.51. The lowest BCUT2D eigenvalue weighted by atomic mass is 10.1. The molecule has 4 aromatic rings. The van der Waals surface area contributed by atoms with Crippen LogP contribution in [0.3, 0.4) is 0 Å². The lowest BCUT2D eigenvalue weighted by Gasteiger charge is -2.09. The summed E-state index contributed by atoms with van der Waals surface area (Å²) < 4.78 is 0. The number of rotatable bonds is 4. The number of benzene rings is 2. The SMILES string of the molecule is Cc1nc(-c2ccccc2)ccc1C(=O)Nc1ccc(-c2ccccc2)cn1. The van der Waals surface area contributed by atoms with E-state index in [1.165, 1.54) is 0 Å². The van der Waals surface area contributed by atoms with Gasteiger partial charge < -0.3 is 5.32 Å². The molecule has 28 heavy (non-hydrogen) atoms. The number of aromatic nitrogens is 2. The van der Waals surface area contributed by atoms with E-state index < -0.39 is 0 Å². The number of nitrogens with zero attached hydrogens (tertiary/aromatic N) is 2. The Labute approximate surface area is 163 Å². The minimum atomic E-state index is -0.218. The van der Waals surface area contributed by atoms with Crippen molar-refractivity contribution in [2.24, 2.45) is 0 Å². The monoisotopic (exact) mass is 365 g/mol. The van der Waals surface area contributed by atoms with Crippen LogP contribution in [0.1, 0.15) is 16.1 Å². The first-order valence-electron chi connectivity index (χ1n) is 9.06. The van der Waals surface area contributed by atoms with Crippen molar-refractivity contribution in [1.82, 2.24) is 9.97 Å². The molecule has 0 unspecified atom stereocenters. The fourth-order valence-electron chi connectivity index (χ4n) is 3.02. The summed E-state index contributed by atoms with van der Waals surface area (Å²) in [6.07, 6.45) is 1.76. The molecular weight excluding hydrogens is 346 g/mol. The van der Waals surface area contributed by atoms with Crippen LogP contribution < -0.4 is 5.32 Å². The number of hydrogen-bond donors (Lipinski definition) is 1. The molecule has 0 aliphatic heterocycles.